The Hall–Kier alpha value is -0.340. The van der Waals surface area contributed by atoms with Crippen LogP contribution in [0.5, 0.6) is 0 Å². The zero-order valence-corrected chi connectivity index (χ0v) is 12.2. The summed E-state index contributed by atoms with van der Waals surface area (Å²) in [5, 5.41) is 0. The van der Waals surface area contributed by atoms with Crippen LogP contribution in [0, 0.1) is 5.41 Å². The fourth-order valence-electron chi connectivity index (χ4n) is 2.79. The summed E-state index contributed by atoms with van der Waals surface area (Å²) in [6.07, 6.45) is 11.2. The van der Waals surface area contributed by atoms with Gasteiger partial charge in [0, 0.05) is 6.42 Å². The molecule has 104 valence electrons. The first-order valence-corrected chi connectivity index (χ1v) is 7.54. The van der Waals surface area contributed by atoms with Crippen LogP contribution in [-0.4, -0.2) is 19.0 Å². The molecular formula is C16H28O2. The van der Waals surface area contributed by atoms with Gasteiger partial charge in [0.25, 0.3) is 0 Å². The van der Waals surface area contributed by atoms with Gasteiger partial charge in [0.05, 0.1) is 12.7 Å². The van der Waals surface area contributed by atoms with Crippen molar-refractivity contribution in [3.05, 3.63) is 11.6 Å². The van der Waals surface area contributed by atoms with Crippen molar-refractivity contribution in [3.63, 3.8) is 0 Å². The Morgan fingerprint density at radius 3 is 2.83 bits per heavy atom. The highest BCUT2D eigenvalue weighted by Gasteiger charge is 2.26. The molecule has 2 nitrogen and oxygen atoms in total. The summed E-state index contributed by atoms with van der Waals surface area (Å²) in [5.41, 5.74) is 2.12. The fraction of sp³-hybridized carbons (Fsp3) is 0.875. The molecule has 0 aromatic carbocycles. The van der Waals surface area contributed by atoms with Crippen LogP contribution in [0.3, 0.4) is 0 Å². The van der Waals surface area contributed by atoms with E-state index in [-0.39, 0.29) is 6.29 Å². The third kappa shape index (κ3) is 4.10. The molecule has 0 saturated carbocycles. The van der Waals surface area contributed by atoms with Gasteiger partial charge in [-0.05, 0) is 37.5 Å². The maximum atomic E-state index is 5.88. The molecule has 2 unspecified atom stereocenters. The zero-order chi connectivity index (χ0) is 13.0. The molecule has 2 heteroatoms. The second kappa shape index (κ2) is 6.21. The molecule has 1 aliphatic heterocycles. The van der Waals surface area contributed by atoms with E-state index >= 15 is 0 Å². The topological polar surface area (TPSA) is 18.5 Å². The van der Waals surface area contributed by atoms with E-state index in [9.17, 15) is 0 Å². The molecule has 0 N–H and O–H groups in total. The Morgan fingerprint density at radius 1 is 1.33 bits per heavy atom. The highest BCUT2D eigenvalue weighted by Crippen LogP contribution is 2.36. The summed E-state index contributed by atoms with van der Waals surface area (Å²) in [5.74, 6) is 0. The van der Waals surface area contributed by atoms with E-state index in [1.807, 2.05) is 0 Å². The summed E-state index contributed by atoms with van der Waals surface area (Å²) < 4.78 is 11.6. The first kappa shape index (κ1) is 14.1. The average molecular weight is 252 g/mol. The Balaban J connectivity index is 1.68. The maximum Gasteiger partial charge on any atom is 0.158 e. The molecule has 0 amide bonds. The average Bonchev–Trinajstić information content (AvgIpc) is 2.76. The monoisotopic (exact) mass is 252 g/mol. The SMILES string of the molecule is CCCC1COC(CCC2=CCC(C)(C)CC2)O1. The van der Waals surface area contributed by atoms with Gasteiger partial charge < -0.3 is 9.47 Å². The van der Waals surface area contributed by atoms with E-state index in [0.29, 0.717) is 11.5 Å². The molecular weight excluding hydrogens is 224 g/mol. The van der Waals surface area contributed by atoms with Crippen LogP contribution >= 0.6 is 0 Å². The largest absolute Gasteiger partial charge is 0.350 e. The van der Waals surface area contributed by atoms with E-state index in [1.165, 1.54) is 25.7 Å². The molecule has 2 rings (SSSR count). The van der Waals surface area contributed by atoms with Gasteiger partial charge in [0.1, 0.15) is 0 Å². The summed E-state index contributed by atoms with van der Waals surface area (Å²) >= 11 is 0. The lowest BCUT2D eigenvalue weighted by Crippen LogP contribution is -2.16. The smallest absolute Gasteiger partial charge is 0.158 e. The van der Waals surface area contributed by atoms with Gasteiger partial charge >= 0.3 is 0 Å². The summed E-state index contributed by atoms with van der Waals surface area (Å²) in [6.45, 7) is 7.72. The lowest BCUT2D eigenvalue weighted by atomic mass is 9.77. The quantitative estimate of drug-likeness (QED) is 0.673. The zero-order valence-electron chi connectivity index (χ0n) is 12.2. The summed E-state index contributed by atoms with van der Waals surface area (Å²) in [6, 6.07) is 0. The number of hydrogen-bond acceptors (Lipinski definition) is 2. The van der Waals surface area contributed by atoms with Gasteiger partial charge in [-0.3, -0.25) is 0 Å². The lowest BCUT2D eigenvalue weighted by Gasteiger charge is -2.28. The molecule has 1 saturated heterocycles. The summed E-state index contributed by atoms with van der Waals surface area (Å²) in [7, 11) is 0. The van der Waals surface area contributed by atoms with E-state index in [1.54, 1.807) is 5.57 Å². The van der Waals surface area contributed by atoms with Crippen molar-refractivity contribution in [2.45, 2.75) is 78.1 Å². The predicted octanol–water partition coefficient (Wildman–Crippen LogP) is 4.44. The fourth-order valence-corrected chi connectivity index (χ4v) is 2.79. The van der Waals surface area contributed by atoms with E-state index < -0.39 is 0 Å². The van der Waals surface area contributed by atoms with Gasteiger partial charge in [-0.2, -0.15) is 0 Å². The van der Waals surface area contributed by atoms with Crippen molar-refractivity contribution in [1.82, 2.24) is 0 Å². The van der Waals surface area contributed by atoms with E-state index in [2.05, 4.69) is 26.8 Å². The minimum absolute atomic E-state index is 0.0531. The van der Waals surface area contributed by atoms with Crippen LogP contribution in [0.2, 0.25) is 0 Å². The molecule has 1 heterocycles. The molecule has 0 radical (unpaired) electrons. The first-order chi connectivity index (χ1) is 8.59. The minimum atomic E-state index is 0.0531. The van der Waals surface area contributed by atoms with Crippen LogP contribution in [0.1, 0.15) is 65.7 Å². The molecule has 1 fully saturated rings. The number of rotatable bonds is 5. The lowest BCUT2D eigenvalue weighted by molar-refractivity contribution is -0.0626. The molecule has 2 atom stereocenters. The van der Waals surface area contributed by atoms with Crippen LogP contribution in [0.4, 0.5) is 0 Å². The number of ether oxygens (including phenoxy) is 2. The van der Waals surface area contributed by atoms with Gasteiger partial charge in [0.15, 0.2) is 6.29 Å². The highest BCUT2D eigenvalue weighted by molar-refractivity contribution is 5.08. The standard InChI is InChI=1S/C16H28O2/c1-4-5-14-12-17-15(18-14)7-6-13-8-10-16(2,3)11-9-13/h8,14-15H,4-7,9-12H2,1-3H3. The van der Waals surface area contributed by atoms with Crippen molar-refractivity contribution in [2.75, 3.05) is 6.61 Å². The molecule has 0 aromatic rings. The Kier molecular flexibility index (Phi) is 4.85. The molecule has 18 heavy (non-hydrogen) atoms. The molecule has 1 aliphatic carbocycles. The predicted molar refractivity (Wildman–Crippen MR) is 74.5 cm³/mol. The molecule has 0 spiro atoms. The Bertz CT molecular complexity index is 293. The number of hydrogen-bond donors (Lipinski definition) is 0. The van der Waals surface area contributed by atoms with Crippen LogP contribution in [0.15, 0.2) is 11.6 Å². The van der Waals surface area contributed by atoms with Gasteiger partial charge in [0.2, 0.25) is 0 Å². The third-order valence-corrected chi connectivity index (χ3v) is 4.19. The molecule has 0 aromatic heterocycles. The van der Waals surface area contributed by atoms with Crippen LogP contribution in [-0.2, 0) is 9.47 Å². The maximum absolute atomic E-state index is 5.88. The van der Waals surface area contributed by atoms with Crippen molar-refractivity contribution >= 4 is 0 Å². The molecule has 2 aliphatic rings. The van der Waals surface area contributed by atoms with Crippen molar-refractivity contribution in [1.29, 1.82) is 0 Å². The van der Waals surface area contributed by atoms with E-state index in [0.717, 1.165) is 25.9 Å². The summed E-state index contributed by atoms with van der Waals surface area (Å²) in [4.78, 5) is 0. The van der Waals surface area contributed by atoms with Crippen molar-refractivity contribution < 1.29 is 9.47 Å². The molecule has 0 bridgehead atoms. The third-order valence-electron chi connectivity index (χ3n) is 4.19. The Labute approximate surface area is 112 Å². The van der Waals surface area contributed by atoms with Crippen molar-refractivity contribution in [2.24, 2.45) is 5.41 Å². The second-order valence-electron chi connectivity index (χ2n) is 6.58. The highest BCUT2D eigenvalue weighted by atomic mass is 16.7. The van der Waals surface area contributed by atoms with Crippen LogP contribution < -0.4 is 0 Å². The number of allylic oxidation sites excluding steroid dienone is 2. The second-order valence-corrected chi connectivity index (χ2v) is 6.58. The van der Waals surface area contributed by atoms with E-state index in [4.69, 9.17) is 9.47 Å². The Morgan fingerprint density at radius 2 is 2.17 bits per heavy atom. The van der Waals surface area contributed by atoms with Crippen molar-refractivity contribution in [3.8, 4) is 0 Å². The van der Waals surface area contributed by atoms with Gasteiger partial charge in [-0.25, -0.2) is 0 Å². The first-order valence-electron chi connectivity index (χ1n) is 7.54. The minimum Gasteiger partial charge on any atom is -0.350 e. The van der Waals surface area contributed by atoms with Gasteiger partial charge in [-0.15, -0.1) is 0 Å². The van der Waals surface area contributed by atoms with Crippen LogP contribution in [0.25, 0.3) is 0 Å². The normalized spacial score (nSPS) is 31.4. The van der Waals surface area contributed by atoms with Gasteiger partial charge in [-0.1, -0.05) is 38.8 Å².